The van der Waals surface area contributed by atoms with E-state index >= 15 is 0 Å². The minimum absolute atomic E-state index is 0.0512. The summed E-state index contributed by atoms with van der Waals surface area (Å²) in [6.07, 6.45) is 6.68. The van der Waals surface area contributed by atoms with Crippen molar-refractivity contribution in [2.45, 2.75) is 31.7 Å². The van der Waals surface area contributed by atoms with E-state index in [0.29, 0.717) is 12.8 Å². The number of carbonyl (C=O) groups is 4. The molecule has 1 unspecified atom stereocenters. The molecule has 3 amide bonds. The molecule has 4 aromatic rings. The minimum atomic E-state index is -0.770. The molecule has 1 fully saturated rings. The van der Waals surface area contributed by atoms with Crippen LogP contribution < -0.4 is 10.2 Å². The van der Waals surface area contributed by atoms with Gasteiger partial charge in [0.1, 0.15) is 0 Å². The summed E-state index contributed by atoms with van der Waals surface area (Å²) in [6.45, 7) is 2.08. The van der Waals surface area contributed by atoms with Crippen molar-refractivity contribution in [2.75, 3.05) is 36.0 Å². The molecule has 1 saturated heterocycles. The smallest absolute Gasteiger partial charge is 0.253 e. The van der Waals surface area contributed by atoms with Crippen LogP contribution in [-0.2, 0) is 32.0 Å². The largest absolute Gasteiger partial charge is 0.370 e. The van der Waals surface area contributed by atoms with Crippen molar-refractivity contribution in [2.24, 2.45) is 0 Å². The van der Waals surface area contributed by atoms with Gasteiger partial charge in [-0.3, -0.25) is 29.1 Å². The highest BCUT2D eigenvalue weighted by molar-refractivity contribution is 8.76. The summed E-state index contributed by atoms with van der Waals surface area (Å²) in [5, 5.41) is 2.84. The Kier molecular flexibility index (Phi) is 13.2. The first-order chi connectivity index (χ1) is 25.9. The van der Waals surface area contributed by atoms with Crippen molar-refractivity contribution in [3.8, 4) is 23.7 Å². The highest BCUT2D eigenvalue weighted by Gasteiger charge is 2.25. The second kappa shape index (κ2) is 18.8. The fourth-order valence-corrected chi connectivity index (χ4v) is 7.77. The van der Waals surface area contributed by atoms with Gasteiger partial charge in [0.15, 0.2) is 5.78 Å². The lowest BCUT2D eigenvalue weighted by Crippen LogP contribution is -2.44. The minimum Gasteiger partial charge on any atom is -0.370 e. The van der Waals surface area contributed by atoms with E-state index in [1.54, 1.807) is 12.4 Å². The molecule has 266 valence electrons. The Balaban J connectivity index is 1.04. The molecule has 10 heteroatoms. The molecule has 0 spiro atoms. The average Bonchev–Trinajstić information content (AvgIpc) is 3.34. The second-order valence-corrected chi connectivity index (χ2v) is 15.2. The van der Waals surface area contributed by atoms with Gasteiger partial charge in [0.2, 0.25) is 5.91 Å². The molecule has 2 aliphatic heterocycles. The van der Waals surface area contributed by atoms with Crippen LogP contribution in [0.3, 0.4) is 0 Å². The van der Waals surface area contributed by atoms with Crippen molar-refractivity contribution < 1.29 is 19.2 Å². The van der Waals surface area contributed by atoms with E-state index in [4.69, 9.17) is 0 Å². The van der Waals surface area contributed by atoms with E-state index in [-0.39, 0.29) is 25.2 Å². The van der Waals surface area contributed by atoms with Crippen LogP contribution >= 0.6 is 21.6 Å². The molecule has 0 saturated carbocycles. The maximum Gasteiger partial charge on any atom is 0.253 e. The Morgan fingerprint density at radius 2 is 1.19 bits per heavy atom. The van der Waals surface area contributed by atoms with Crippen LogP contribution in [0.25, 0.3) is 0 Å². The highest BCUT2D eigenvalue weighted by atomic mass is 33.1. The number of aromatic nitrogens is 1. The molecule has 0 aliphatic carbocycles. The summed E-state index contributed by atoms with van der Waals surface area (Å²) in [5.41, 5.74) is 6.67. The molecular formula is C43H38N4O4S2. The first kappa shape index (κ1) is 37.2. The Hall–Kier alpha value is -5.55. The van der Waals surface area contributed by atoms with Crippen molar-refractivity contribution >= 4 is 50.8 Å². The topological polar surface area (TPSA) is 99.7 Å². The van der Waals surface area contributed by atoms with E-state index in [9.17, 15) is 19.2 Å². The van der Waals surface area contributed by atoms with E-state index < -0.39 is 23.8 Å². The van der Waals surface area contributed by atoms with Gasteiger partial charge in [-0.2, -0.15) is 0 Å². The molecule has 53 heavy (non-hydrogen) atoms. The number of hydrogen-bond donors (Lipinski definition) is 1. The fraction of sp³-hybridized carbons (Fsp3) is 0.233. The Labute approximate surface area is 318 Å². The van der Waals surface area contributed by atoms with E-state index in [1.165, 1.54) is 17.8 Å². The van der Waals surface area contributed by atoms with Gasteiger partial charge in [-0.15, -0.1) is 0 Å². The standard InChI is InChI=1S/C43H38N4O4S2/c48-40(18-15-36-21-24-44-25-22-36)39(45-41(49)23-26-47-42(50)19-20-43(47)51)31-37-11-9-34(10-12-37)6-5-32-1-3-33(4-2-32)7-8-35-13-16-38(17-14-35)46-27-29-52-53-30-28-46/h1-4,9-14,16-17,19-22,24-25,39H,15,18,23,26-31H2,(H,45,49). The Bertz CT molecular complexity index is 2050. The monoisotopic (exact) mass is 738 g/mol. The molecule has 8 nitrogen and oxygen atoms in total. The van der Waals surface area contributed by atoms with E-state index in [2.05, 4.69) is 63.1 Å². The van der Waals surface area contributed by atoms with Crippen LogP contribution in [0.4, 0.5) is 5.69 Å². The van der Waals surface area contributed by atoms with Gasteiger partial charge >= 0.3 is 0 Å². The molecular weight excluding hydrogens is 701 g/mol. The lowest BCUT2D eigenvalue weighted by atomic mass is 9.97. The molecule has 3 aromatic carbocycles. The van der Waals surface area contributed by atoms with Gasteiger partial charge in [-0.25, -0.2) is 0 Å². The lowest BCUT2D eigenvalue weighted by Gasteiger charge is -2.21. The maximum absolute atomic E-state index is 13.4. The summed E-state index contributed by atoms with van der Waals surface area (Å²) >= 11 is 0. The third kappa shape index (κ3) is 11.2. The molecule has 2 aliphatic rings. The lowest BCUT2D eigenvalue weighted by molar-refractivity contribution is -0.137. The zero-order valence-corrected chi connectivity index (χ0v) is 30.8. The van der Waals surface area contributed by atoms with Gasteiger partial charge in [0.25, 0.3) is 11.8 Å². The number of pyridine rings is 1. The molecule has 6 rings (SSSR count). The third-order valence-corrected chi connectivity index (χ3v) is 11.1. The fourth-order valence-electron chi connectivity index (χ4n) is 5.79. The number of amides is 3. The van der Waals surface area contributed by atoms with Crippen LogP contribution in [0.1, 0.15) is 46.2 Å². The average molecular weight is 739 g/mol. The van der Waals surface area contributed by atoms with Crippen LogP contribution in [0.5, 0.6) is 0 Å². The van der Waals surface area contributed by atoms with Crippen LogP contribution in [0.15, 0.2) is 109 Å². The molecule has 1 aromatic heterocycles. The number of carbonyl (C=O) groups excluding carboxylic acids is 4. The number of hydrogen-bond acceptors (Lipinski definition) is 8. The SMILES string of the molecule is O=C(CCN1C(=O)C=CC1=O)NC(Cc1ccc(C#Cc2ccc(C#Cc3ccc(N4CCSSCC4)cc3)cc2)cc1)C(=O)CCc1ccncc1. The van der Waals surface area contributed by atoms with Gasteiger partial charge < -0.3 is 10.2 Å². The number of benzene rings is 3. The number of anilines is 1. The first-order valence-corrected chi connectivity index (χ1v) is 20.0. The van der Waals surface area contributed by atoms with Gasteiger partial charge in [0, 0.05) is 96.5 Å². The van der Waals surface area contributed by atoms with Crippen molar-refractivity contribution in [3.63, 3.8) is 0 Å². The van der Waals surface area contributed by atoms with Gasteiger partial charge in [-0.1, -0.05) is 57.4 Å². The summed E-state index contributed by atoms with van der Waals surface area (Å²) in [7, 11) is 3.88. The maximum atomic E-state index is 13.4. The number of ketones is 1. The number of nitrogens with zero attached hydrogens (tertiary/aromatic N) is 3. The van der Waals surface area contributed by atoms with E-state index in [1.807, 2.05) is 82.3 Å². The quantitative estimate of drug-likeness (QED) is 0.120. The molecule has 1 atom stereocenters. The predicted molar refractivity (Wildman–Crippen MR) is 212 cm³/mol. The van der Waals surface area contributed by atoms with Crippen LogP contribution in [0, 0.1) is 23.7 Å². The van der Waals surface area contributed by atoms with Crippen molar-refractivity contribution in [1.82, 2.24) is 15.2 Å². The molecule has 0 bridgehead atoms. The molecule has 0 radical (unpaired) electrons. The second-order valence-electron chi connectivity index (χ2n) is 12.5. The normalized spacial score (nSPS) is 14.4. The Morgan fingerprint density at radius 1 is 0.679 bits per heavy atom. The summed E-state index contributed by atoms with van der Waals surface area (Å²) in [6, 6.07) is 26.9. The zero-order chi connectivity index (χ0) is 36.8. The first-order valence-electron chi connectivity index (χ1n) is 17.5. The predicted octanol–water partition coefficient (Wildman–Crippen LogP) is 5.63. The van der Waals surface area contributed by atoms with E-state index in [0.717, 1.165) is 62.9 Å². The number of Topliss-reactive ketones (excluding diaryl/α,β-unsaturated/α-hetero) is 1. The number of imide groups is 1. The van der Waals surface area contributed by atoms with Crippen molar-refractivity contribution in [1.29, 1.82) is 0 Å². The highest BCUT2D eigenvalue weighted by Crippen LogP contribution is 2.26. The zero-order valence-electron chi connectivity index (χ0n) is 29.1. The third-order valence-electron chi connectivity index (χ3n) is 8.78. The van der Waals surface area contributed by atoms with Crippen LogP contribution in [0.2, 0.25) is 0 Å². The molecule has 1 N–H and O–H groups in total. The van der Waals surface area contributed by atoms with Gasteiger partial charge in [-0.05, 0) is 96.8 Å². The summed E-state index contributed by atoms with van der Waals surface area (Å²) in [4.78, 5) is 57.5. The van der Waals surface area contributed by atoms with Gasteiger partial charge in [0.05, 0.1) is 6.04 Å². The van der Waals surface area contributed by atoms with Crippen LogP contribution in [-0.4, -0.2) is 70.6 Å². The number of nitrogens with one attached hydrogen (secondary N) is 1. The Morgan fingerprint density at radius 3 is 1.74 bits per heavy atom. The summed E-state index contributed by atoms with van der Waals surface area (Å²) < 4.78 is 0. The van der Waals surface area contributed by atoms with Crippen molar-refractivity contribution in [3.05, 3.63) is 143 Å². The number of aryl methyl sites for hydroxylation is 1. The summed E-state index contributed by atoms with van der Waals surface area (Å²) in [5.74, 6) is 13.8. The number of rotatable bonds is 11. The molecule has 3 heterocycles.